The number of nitrogen functional groups attached to an aromatic ring is 1. The topological polar surface area (TPSA) is 73.1 Å². The molecule has 1 aromatic carbocycles. The third-order valence-electron chi connectivity index (χ3n) is 2.62. The summed E-state index contributed by atoms with van der Waals surface area (Å²) >= 11 is 1.68. The highest BCUT2D eigenvalue weighted by Gasteiger charge is 2.09. The van der Waals surface area contributed by atoms with Crippen molar-refractivity contribution in [2.45, 2.75) is 18.2 Å². The van der Waals surface area contributed by atoms with Gasteiger partial charge in [0, 0.05) is 10.6 Å². The van der Waals surface area contributed by atoms with Gasteiger partial charge in [0.2, 0.25) is 5.88 Å². The zero-order valence-corrected chi connectivity index (χ0v) is 12.4. The summed E-state index contributed by atoms with van der Waals surface area (Å²) in [5.74, 6) is 0.981. The largest absolute Gasteiger partial charge is 0.476 e. The number of thioether (sulfide) groups is 1. The van der Waals surface area contributed by atoms with Gasteiger partial charge in [-0.25, -0.2) is 4.98 Å². The maximum atomic E-state index is 6.02. The van der Waals surface area contributed by atoms with E-state index in [-0.39, 0.29) is 0 Å². The van der Waals surface area contributed by atoms with Crippen molar-refractivity contribution >= 4 is 29.0 Å². The van der Waals surface area contributed by atoms with E-state index in [1.165, 1.54) is 11.2 Å². The molecule has 2 aromatic rings. The first-order valence-electron chi connectivity index (χ1n) is 6.39. The number of benzene rings is 1. The van der Waals surface area contributed by atoms with Crippen LogP contribution < -0.4 is 15.8 Å². The maximum absolute atomic E-state index is 6.02. The molecule has 2 rings (SSSR count). The Labute approximate surface area is 123 Å². The lowest BCUT2D eigenvalue weighted by atomic mass is 10.3. The van der Waals surface area contributed by atoms with Gasteiger partial charge in [0.05, 0.1) is 6.61 Å². The molecule has 0 spiro atoms. The molecule has 0 atom stereocenters. The third-order valence-corrected chi connectivity index (χ3v) is 3.35. The first-order valence-corrected chi connectivity index (χ1v) is 7.61. The van der Waals surface area contributed by atoms with Crippen LogP contribution >= 0.6 is 11.8 Å². The number of ether oxygens (including phenoxy) is 1. The molecule has 0 aliphatic heterocycles. The molecule has 3 N–H and O–H groups in total. The molecule has 1 aromatic heterocycles. The van der Waals surface area contributed by atoms with Gasteiger partial charge in [-0.3, -0.25) is 0 Å². The zero-order valence-electron chi connectivity index (χ0n) is 11.6. The maximum Gasteiger partial charge on any atom is 0.242 e. The van der Waals surface area contributed by atoms with E-state index in [0.29, 0.717) is 24.0 Å². The highest BCUT2D eigenvalue weighted by Crippen LogP contribution is 2.28. The third kappa shape index (κ3) is 3.54. The molecule has 6 heteroatoms. The SMILES string of the molecule is CCCOc1ncnc(Nc2cccc(SC)c2)c1N. The van der Waals surface area contributed by atoms with E-state index in [1.54, 1.807) is 11.8 Å². The molecule has 0 aliphatic rings. The Morgan fingerprint density at radius 2 is 2.20 bits per heavy atom. The van der Waals surface area contributed by atoms with Gasteiger partial charge in [-0.2, -0.15) is 4.98 Å². The summed E-state index contributed by atoms with van der Waals surface area (Å²) in [6.07, 6.45) is 4.39. The molecule has 0 unspecified atom stereocenters. The minimum absolute atomic E-state index is 0.422. The van der Waals surface area contributed by atoms with Crippen molar-refractivity contribution in [2.24, 2.45) is 0 Å². The first-order chi connectivity index (χ1) is 9.74. The fourth-order valence-corrected chi connectivity index (χ4v) is 2.09. The van der Waals surface area contributed by atoms with Crippen molar-refractivity contribution in [1.29, 1.82) is 0 Å². The smallest absolute Gasteiger partial charge is 0.242 e. The van der Waals surface area contributed by atoms with Crippen LogP contribution in [-0.2, 0) is 0 Å². The van der Waals surface area contributed by atoms with Gasteiger partial charge in [0.15, 0.2) is 5.82 Å². The van der Waals surface area contributed by atoms with Gasteiger partial charge < -0.3 is 15.8 Å². The molecule has 5 nitrogen and oxygen atoms in total. The van der Waals surface area contributed by atoms with Crippen LogP contribution in [0.5, 0.6) is 5.88 Å². The first kappa shape index (κ1) is 14.5. The van der Waals surface area contributed by atoms with Crippen molar-refractivity contribution in [3.8, 4) is 5.88 Å². The zero-order chi connectivity index (χ0) is 14.4. The van der Waals surface area contributed by atoms with Crippen LogP contribution in [0.1, 0.15) is 13.3 Å². The fourth-order valence-electron chi connectivity index (χ4n) is 1.63. The molecule has 0 saturated carbocycles. The van der Waals surface area contributed by atoms with Crippen LogP contribution in [-0.4, -0.2) is 22.8 Å². The summed E-state index contributed by atoms with van der Waals surface area (Å²) in [6, 6.07) is 8.04. The Kier molecular flexibility index (Phi) is 5.06. The van der Waals surface area contributed by atoms with Crippen molar-refractivity contribution in [2.75, 3.05) is 23.9 Å². The Morgan fingerprint density at radius 3 is 2.95 bits per heavy atom. The summed E-state index contributed by atoms with van der Waals surface area (Å²) in [5, 5.41) is 3.19. The fraction of sp³-hybridized carbons (Fsp3) is 0.286. The highest BCUT2D eigenvalue weighted by molar-refractivity contribution is 7.98. The van der Waals surface area contributed by atoms with Gasteiger partial charge in [-0.05, 0) is 30.9 Å². The van der Waals surface area contributed by atoms with Crippen LogP contribution in [0.4, 0.5) is 17.2 Å². The average Bonchev–Trinajstić information content (AvgIpc) is 2.48. The van der Waals surface area contributed by atoms with Crippen LogP contribution in [0.25, 0.3) is 0 Å². The van der Waals surface area contributed by atoms with E-state index >= 15 is 0 Å². The standard InChI is InChI=1S/C14H18N4OS/c1-3-7-19-14-12(15)13(16-9-17-14)18-10-5-4-6-11(8-10)20-2/h4-6,8-9H,3,7,15H2,1-2H3,(H,16,17,18). The van der Waals surface area contributed by atoms with Crippen molar-refractivity contribution in [3.05, 3.63) is 30.6 Å². The second kappa shape index (κ2) is 7.00. The molecule has 20 heavy (non-hydrogen) atoms. The molecular formula is C14H18N4OS. The number of nitrogens with two attached hydrogens (primary N) is 1. The summed E-state index contributed by atoms with van der Waals surface area (Å²) in [5.41, 5.74) is 7.39. The molecule has 0 radical (unpaired) electrons. The summed E-state index contributed by atoms with van der Waals surface area (Å²) < 4.78 is 5.49. The second-order valence-corrected chi connectivity index (χ2v) is 5.03. The molecule has 1 heterocycles. The lowest BCUT2D eigenvalue weighted by molar-refractivity contribution is 0.307. The van der Waals surface area contributed by atoms with E-state index in [2.05, 4.69) is 21.4 Å². The van der Waals surface area contributed by atoms with E-state index in [1.807, 2.05) is 31.4 Å². The lowest BCUT2D eigenvalue weighted by Crippen LogP contribution is -2.05. The van der Waals surface area contributed by atoms with Gasteiger partial charge in [0.25, 0.3) is 0 Å². The number of hydrogen-bond donors (Lipinski definition) is 2. The predicted octanol–water partition coefficient (Wildman–Crippen LogP) is 3.31. The van der Waals surface area contributed by atoms with Gasteiger partial charge in [0.1, 0.15) is 12.0 Å². The number of aromatic nitrogens is 2. The van der Waals surface area contributed by atoms with Gasteiger partial charge in [-0.1, -0.05) is 13.0 Å². The van der Waals surface area contributed by atoms with E-state index in [9.17, 15) is 0 Å². The summed E-state index contributed by atoms with van der Waals surface area (Å²) in [4.78, 5) is 9.38. The van der Waals surface area contributed by atoms with E-state index < -0.39 is 0 Å². The Balaban J connectivity index is 2.20. The van der Waals surface area contributed by atoms with Crippen LogP contribution in [0.2, 0.25) is 0 Å². The molecule has 106 valence electrons. The van der Waals surface area contributed by atoms with Crippen molar-refractivity contribution in [3.63, 3.8) is 0 Å². The minimum atomic E-state index is 0.422. The summed E-state index contributed by atoms with van der Waals surface area (Å²) in [7, 11) is 0. The summed E-state index contributed by atoms with van der Waals surface area (Å²) in [6.45, 7) is 2.62. The minimum Gasteiger partial charge on any atom is -0.476 e. The normalized spacial score (nSPS) is 10.3. The Morgan fingerprint density at radius 1 is 1.35 bits per heavy atom. The Hall–Kier alpha value is -1.95. The highest BCUT2D eigenvalue weighted by atomic mass is 32.2. The number of anilines is 3. The number of hydrogen-bond acceptors (Lipinski definition) is 6. The average molecular weight is 290 g/mol. The van der Waals surface area contributed by atoms with Crippen LogP contribution in [0.15, 0.2) is 35.5 Å². The van der Waals surface area contributed by atoms with E-state index in [0.717, 1.165) is 12.1 Å². The van der Waals surface area contributed by atoms with Gasteiger partial charge in [-0.15, -0.1) is 11.8 Å². The quantitative estimate of drug-likeness (QED) is 0.795. The number of rotatable bonds is 6. The number of nitrogens with zero attached hydrogens (tertiary/aromatic N) is 2. The molecule has 0 amide bonds. The molecule has 0 fully saturated rings. The monoisotopic (exact) mass is 290 g/mol. The van der Waals surface area contributed by atoms with Crippen molar-refractivity contribution in [1.82, 2.24) is 9.97 Å². The van der Waals surface area contributed by atoms with Crippen LogP contribution in [0.3, 0.4) is 0 Å². The van der Waals surface area contributed by atoms with Crippen LogP contribution in [0, 0.1) is 0 Å². The second-order valence-electron chi connectivity index (χ2n) is 4.15. The lowest BCUT2D eigenvalue weighted by Gasteiger charge is -2.12. The predicted molar refractivity (Wildman–Crippen MR) is 83.7 cm³/mol. The van der Waals surface area contributed by atoms with Gasteiger partial charge >= 0.3 is 0 Å². The molecular weight excluding hydrogens is 272 g/mol. The Bertz CT molecular complexity index is 577. The molecule has 0 saturated heterocycles. The van der Waals surface area contributed by atoms with E-state index in [4.69, 9.17) is 10.5 Å². The van der Waals surface area contributed by atoms with Crippen molar-refractivity contribution < 1.29 is 4.74 Å². The molecule has 0 bridgehead atoms. The molecule has 0 aliphatic carbocycles. The number of nitrogens with one attached hydrogen (secondary N) is 1.